The van der Waals surface area contributed by atoms with Crippen LogP contribution in [0.15, 0.2) is 12.2 Å². The third kappa shape index (κ3) is 3.87. The maximum absolute atomic E-state index is 11.0. The van der Waals surface area contributed by atoms with Gasteiger partial charge >= 0.3 is 5.97 Å². The summed E-state index contributed by atoms with van der Waals surface area (Å²) in [4.78, 5) is 21.7. The van der Waals surface area contributed by atoms with E-state index in [-0.39, 0.29) is 17.7 Å². The molecule has 0 aliphatic carbocycles. The van der Waals surface area contributed by atoms with Gasteiger partial charge in [0.15, 0.2) is 5.78 Å². The van der Waals surface area contributed by atoms with E-state index in [9.17, 15) is 9.59 Å². The van der Waals surface area contributed by atoms with E-state index in [2.05, 4.69) is 6.58 Å². The Morgan fingerprint density at radius 3 is 1.92 bits per heavy atom. The molecule has 0 unspecified atom stereocenters. The summed E-state index contributed by atoms with van der Waals surface area (Å²) in [5.74, 6) is -0.457. The van der Waals surface area contributed by atoms with Crippen LogP contribution >= 0.6 is 0 Å². The van der Waals surface area contributed by atoms with Crippen LogP contribution in [0.25, 0.3) is 0 Å². The highest BCUT2D eigenvalue weighted by Gasteiger charge is 2.22. The number of carbonyl (C=O) groups is 2. The third-order valence-corrected chi connectivity index (χ3v) is 1.69. The molecule has 0 rings (SSSR count). The average Bonchev–Trinajstić information content (AvgIpc) is 1.97. The standard InChI is InChI=1S/C10H16O3/c1-6(2)10(13-9(5)12)7(3)8(4)11/h6,10H,3H2,1-2,4-5H3/t10-/m0/s1. The largest absolute Gasteiger partial charge is 0.457 e. The van der Waals surface area contributed by atoms with Crippen LogP contribution in [0.2, 0.25) is 0 Å². The Morgan fingerprint density at radius 2 is 1.69 bits per heavy atom. The fraction of sp³-hybridized carbons (Fsp3) is 0.600. The van der Waals surface area contributed by atoms with Gasteiger partial charge in [0.25, 0.3) is 0 Å². The van der Waals surface area contributed by atoms with Gasteiger partial charge in [0.2, 0.25) is 0 Å². The van der Waals surface area contributed by atoms with E-state index in [1.54, 1.807) is 0 Å². The zero-order chi connectivity index (χ0) is 10.6. The Morgan fingerprint density at radius 1 is 1.23 bits per heavy atom. The summed E-state index contributed by atoms with van der Waals surface area (Å²) in [6.07, 6.45) is -0.491. The summed E-state index contributed by atoms with van der Waals surface area (Å²) in [5.41, 5.74) is 0.352. The normalized spacial score (nSPS) is 12.4. The first-order chi connectivity index (χ1) is 5.86. The Labute approximate surface area is 78.8 Å². The number of Topliss-reactive ketones (excluding diaryl/α,β-unsaturated/α-hetero) is 1. The first-order valence-corrected chi connectivity index (χ1v) is 4.23. The second-order valence-electron chi connectivity index (χ2n) is 3.36. The van der Waals surface area contributed by atoms with E-state index in [0.29, 0.717) is 5.57 Å². The smallest absolute Gasteiger partial charge is 0.303 e. The van der Waals surface area contributed by atoms with Gasteiger partial charge in [-0.15, -0.1) is 0 Å². The highest BCUT2D eigenvalue weighted by atomic mass is 16.5. The third-order valence-electron chi connectivity index (χ3n) is 1.69. The Hall–Kier alpha value is -1.12. The highest BCUT2D eigenvalue weighted by Crippen LogP contribution is 2.15. The minimum Gasteiger partial charge on any atom is -0.457 e. The lowest BCUT2D eigenvalue weighted by Crippen LogP contribution is -2.27. The molecule has 0 aromatic carbocycles. The number of carbonyl (C=O) groups excluding carboxylic acids is 2. The van der Waals surface area contributed by atoms with Crippen LogP contribution in [0.5, 0.6) is 0 Å². The summed E-state index contributed by atoms with van der Waals surface area (Å²) in [6, 6.07) is 0. The Bertz CT molecular complexity index is 228. The monoisotopic (exact) mass is 184 g/mol. The zero-order valence-corrected chi connectivity index (χ0v) is 8.59. The summed E-state index contributed by atoms with van der Waals surface area (Å²) < 4.78 is 4.98. The lowest BCUT2D eigenvalue weighted by Gasteiger charge is -2.21. The maximum Gasteiger partial charge on any atom is 0.303 e. The summed E-state index contributed by atoms with van der Waals surface area (Å²) in [7, 11) is 0. The van der Waals surface area contributed by atoms with Crippen LogP contribution in [-0.2, 0) is 14.3 Å². The van der Waals surface area contributed by atoms with Crippen molar-refractivity contribution in [2.24, 2.45) is 5.92 Å². The summed E-state index contributed by atoms with van der Waals surface area (Å²) >= 11 is 0. The van der Waals surface area contributed by atoms with Crippen molar-refractivity contribution in [3.8, 4) is 0 Å². The molecule has 0 spiro atoms. The SMILES string of the molecule is C=C(C(C)=O)[C@@H](OC(C)=O)C(C)C. The van der Waals surface area contributed by atoms with Crippen LogP contribution < -0.4 is 0 Å². The van der Waals surface area contributed by atoms with Crippen molar-refractivity contribution in [1.29, 1.82) is 0 Å². The minimum atomic E-state index is -0.491. The van der Waals surface area contributed by atoms with Gasteiger partial charge in [-0.25, -0.2) is 0 Å². The molecule has 0 aliphatic rings. The molecular formula is C10H16O3. The van der Waals surface area contributed by atoms with E-state index in [1.807, 2.05) is 13.8 Å². The topological polar surface area (TPSA) is 43.4 Å². The zero-order valence-electron chi connectivity index (χ0n) is 8.59. The van der Waals surface area contributed by atoms with Gasteiger partial charge in [0.1, 0.15) is 6.10 Å². The number of ketones is 1. The molecule has 3 nitrogen and oxygen atoms in total. The van der Waals surface area contributed by atoms with Gasteiger partial charge < -0.3 is 4.74 Å². The van der Waals surface area contributed by atoms with Crippen molar-refractivity contribution in [2.45, 2.75) is 33.8 Å². The van der Waals surface area contributed by atoms with Crippen LogP contribution in [0.3, 0.4) is 0 Å². The number of esters is 1. The van der Waals surface area contributed by atoms with E-state index in [1.165, 1.54) is 13.8 Å². The molecule has 0 radical (unpaired) electrons. The first kappa shape index (κ1) is 11.9. The summed E-state index contributed by atoms with van der Waals surface area (Å²) in [5, 5.41) is 0. The molecular weight excluding hydrogens is 168 g/mol. The lowest BCUT2D eigenvalue weighted by molar-refractivity contribution is -0.146. The van der Waals surface area contributed by atoms with Crippen molar-refractivity contribution in [3.05, 3.63) is 12.2 Å². The van der Waals surface area contributed by atoms with Crippen molar-refractivity contribution in [2.75, 3.05) is 0 Å². The second kappa shape index (κ2) is 4.80. The van der Waals surface area contributed by atoms with Gasteiger partial charge in [-0.1, -0.05) is 20.4 Å². The first-order valence-electron chi connectivity index (χ1n) is 4.23. The molecule has 0 N–H and O–H groups in total. The van der Waals surface area contributed by atoms with E-state index in [4.69, 9.17) is 4.74 Å². The van der Waals surface area contributed by atoms with Crippen LogP contribution in [0, 0.1) is 5.92 Å². The van der Waals surface area contributed by atoms with Gasteiger partial charge in [0, 0.05) is 12.5 Å². The second-order valence-corrected chi connectivity index (χ2v) is 3.36. The van der Waals surface area contributed by atoms with Crippen LogP contribution in [-0.4, -0.2) is 17.9 Å². The highest BCUT2D eigenvalue weighted by molar-refractivity contribution is 5.94. The molecule has 1 atom stereocenters. The van der Waals surface area contributed by atoms with E-state index in [0.717, 1.165) is 0 Å². The Balaban J connectivity index is 4.51. The molecule has 0 aromatic rings. The van der Waals surface area contributed by atoms with Crippen molar-refractivity contribution in [1.82, 2.24) is 0 Å². The number of rotatable bonds is 4. The Kier molecular flexibility index (Phi) is 4.38. The average molecular weight is 184 g/mol. The van der Waals surface area contributed by atoms with Gasteiger partial charge in [-0.2, -0.15) is 0 Å². The van der Waals surface area contributed by atoms with E-state index >= 15 is 0 Å². The minimum absolute atomic E-state index is 0.0697. The predicted octanol–water partition coefficient (Wildman–Crippen LogP) is 1.72. The molecule has 0 aromatic heterocycles. The molecule has 3 heteroatoms. The molecule has 0 bridgehead atoms. The predicted molar refractivity (Wildman–Crippen MR) is 50.2 cm³/mol. The molecule has 13 heavy (non-hydrogen) atoms. The fourth-order valence-electron chi connectivity index (χ4n) is 0.989. The maximum atomic E-state index is 11.0. The number of hydrogen-bond donors (Lipinski definition) is 0. The van der Waals surface area contributed by atoms with Gasteiger partial charge in [-0.3, -0.25) is 9.59 Å². The number of hydrogen-bond acceptors (Lipinski definition) is 3. The van der Waals surface area contributed by atoms with Crippen LogP contribution in [0.1, 0.15) is 27.7 Å². The van der Waals surface area contributed by atoms with Gasteiger partial charge in [-0.05, 0) is 12.8 Å². The summed E-state index contributed by atoms with van der Waals surface area (Å²) in [6.45, 7) is 10.1. The molecule has 0 saturated carbocycles. The fourth-order valence-corrected chi connectivity index (χ4v) is 0.989. The van der Waals surface area contributed by atoms with Crippen molar-refractivity contribution in [3.63, 3.8) is 0 Å². The van der Waals surface area contributed by atoms with E-state index < -0.39 is 6.10 Å². The molecule has 0 heterocycles. The molecule has 0 amide bonds. The quantitative estimate of drug-likeness (QED) is 0.493. The lowest BCUT2D eigenvalue weighted by atomic mass is 9.98. The molecule has 0 saturated heterocycles. The molecule has 74 valence electrons. The molecule has 0 aliphatic heterocycles. The molecule has 0 fully saturated rings. The van der Waals surface area contributed by atoms with Crippen molar-refractivity contribution < 1.29 is 14.3 Å². The van der Waals surface area contributed by atoms with Gasteiger partial charge in [0.05, 0.1) is 0 Å². The number of ether oxygens (including phenoxy) is 1. The van der Waals surface area contributed by atoms with Crippen molar-refractivity contribution >= 4 is 11.8 Å². The van der Waals surface area contributed by atoms with Crippen LogP contribution in [0.4, 0.5) is 0 Å².